The number of nitrogens with one attached hydrogen (secondary N) is 3. The first-order chi connectivity index (χ1) is 14.3. The van der Waals surface area contributed by atoms with Crippen LogP contribution in [0.2, 0.25) is 0 Å². The molecule has 0 unspecified atom stereocenters. The van der Waals surface area contributed by atoms with Crippen molar-refractivity contribution in [1.29, 1.82) is 0 Å². The number of hydrazine groups is 1. The first-order valence-electron chi connectivity index (χ1n) is 10.0. The molecule has 0 fully saturated rings. The minimum atomic E-state index is -3.69. The summed E-state index contributed by atoms with van der Waals surface area (Å²) in [7, 11) is -3.69. The molecule has 1 aromatic heterocycles. The molecule has 2 amide bonds. The van der Waals surface area contributed by atoms with Gasteiger partial charge in [-0.05, 0) is 74.4 Å². The van der Waals surface area contributed by atoms with Crippen LogP contribution in [0.1, 0.15) is 56.9 Å². The highest BCUT2D eigenvalue weighted by Gasteiger charge is 2.18. The monoisotopic (exact) mass is 449 g/mol. The zero-order chi connectivity index (χ0) is 21.7. The summed E-state index contributed by atoms with van der Waals surface area (Å²) in [4.78, 5) is 26.3. The summed E-state index contributed by atoms with van der Waals surface area (Å²) in [6.07, 6.45) is 5.40. The maximum Gasteiger partial charge on any atom is 0.279 e. The Balaban J connectivity index is 1.45. The zero-order valence-electron chi connectivity index (χ0n) is 17.2. The summed E-state index contributed by atoms with van der Waals surface area (Å²) in [5.74, 6) is -0.818. The molecule has 162 valence electrons. The minimum Gasteiger partial charge on any atom is -0.273 e. The summed E-state index contributed by atoms with van der Waals surface area (Å²) in [5.41, 5.74) is 7.88. The predicted octanol–water partition coefficient (Wildman–Crippen LogP) is 2.76. The van der Waals surface area contributed by atoms with E-state index in [4.69, 9.17) is 0 Å². The van der Waals surface area contributed by atoms with Gasteiger partial charge in [0, 0.05) is 17.8 Å². The lowest BCUT2D eigenvalue weighted by atomic mass is 10.1. The smallest absolute Gasteiger partial charge is 0.273 e. The van der Waals surface area contributed by atoms with Crippen LogP contribution in [-0.2, 0) is 27.7 Å². The zero-order valence-corrected chi connectivity index (χ0v) is 18.8. The SMILES string of the molecule is Cc1ccc(S(=O)(=O)NCCC(=O)NNC(=O)c2cc3c(s2)CCCCC3)cc1C. The van der Waals surface area contributed by atoms with Crippen LogP contribution >= 0.6 is 11.3 Å². The first kappa shape index (κ1) is 22.5. The predicted molar refractivity (Wildman–Crippen MR) is 117 cm³/mol. The number of hydrogen-bond acceptors (Lipinski definition) is 5. The van der Waals surface area contributed by atoms with Crippen LogP contribution < -0.4 is 15.6 Å². The molecule has 1 heterocycles. The largest absolute Gasteiger partial charge is 0.279 e. The molecule has 9 heteroatoms. The van der Waals surface area contributed by atoms with E-state index < -0.39 is 15.9 Å². The van der Waals surface area contributed by atoms with Crippen LogP contribution in [0.4, 0.5) is 0 Å². The van der Waals surface area contributed by atoms with Crippen molar-refractivity contribution in [2.24, 2.45) is 0 Å². The third kappa shape index (κ3) is 5.68. The topological polar surface area (TPSA) is 104 Å². The summed E-state index contributed by atoms with van der Waals surface area (Å²) in [5, 5.41) is 0. The molecule has 1 aliphatic rings. The molecule has 1 aliphatic carbocycles. The van der Waals surface area contributed by atoms with Gasteiger partial charge in [0.25, 0.3) is 5.91 Å². The molecule has 3 N–H and O–H groups in total. The van der Waals surface area contributed by atoms with Gasteiger partial charge in [0.05, 0.1) is 9.77 Å². The highest BCUT2D eigenvalue weighted by molar-refractivity contribution is 7.89. The number of amides is 2. The van der Waals surface area contributed by atoms with Gasteiger partial charge in [-0.1, -0.05) is 12.5 Å². The fraction of sp³-hybridized carbons (Fsp3) is 0.429. The van der Waals surface area contributed by atoms with Crippen LogP contribution in [-0.4, -0.2) is 26.8 Å². The quantitative estimate of drug-likeness (QED) is 0.466. The summed E-state index contributed by atoms with van der Waals surface area (Å²) in [6.45, 7) is 3.69. The normalized spacial score (nSPS) is 13.9. The summed E-state index contributed by atoms with van der Waals surface area (Å²) < 4.78 is 27.1. The van der Waals surface area contributed by atoms with E-state index in [1.165, 1.54) is 34.3 Å². The van der Waals surface area contributed by atoms with Crippen molar-refractivity contribution in [2.75, 3.05) is 6.54 Å². The highest BCUT2D eigenvalue weighted by Crippen LogP contribution is 2.28. The molecule has 0 radical (unpaired) electrons. The van der Waals surface area contributed by atoms with Crippen LogP contribution in [0, 0.1) is 13.8 Å². The van der Waals surface area contributed by atoms with Gasteiger partial charge in [-0.15, -0.1) is 11.3 Å². The molecular formula is C21H27N3O4S2. The molecule has 30 heavy (non-hydrogen) atoms. The summed E-state index contributed by atoms with van der Waals surface area (Å²) in [6, 6.07) is 6.79. The fourth-order valence-electron chi connectivity index (χ4n) is 3.29. The van der Waals surface area contributed by atoms with E-state index in [9.17, 15) is 18.0 Å². The van der Waals surface area contributed by atoms with Crippen LogP contribution in [0.25, 0.3) is 0 Å². The number of rotatable bonds is 6. The number of fused-ring (bicyclic) bond motifs is 1. The number of aryl methyl sites for hydroxylation is 4. The molecule has 0 saturated carbocycles. The second-order valence-electron chi connectivity index (χ2n) is 7.52. The average molecular weight is 450 g/mol. The second-order valence-corrected chi connectivity index (χ2v) is 10.4. The standard InChI is InChI=1S/C21H27N3O4S2/c1-14-8-9-17(12-15(14)2)30(27,28)22-11-10-20(25)23-24-21(26)19-13-16-6-4-3-5-7-18(16)29-19/h8-9,12-13,22H,3-7,10-11H2,1-2H3,(H,23,25)(H,24,26). The van der Waals surface area contributed by atoms with Crippen LogP contribution in [0.15, 0.2) is 29.2 Å². The lowest BCUT2D eigenvalue weighted by Gasteiger charge is -2.09. The Morgan fingerprint density at radius 1 is 1.00 bits per heavy atom. The van der Waals surface area contributed by atoms with Gasteiger partial charge < -0.3 is 0 Å². The molecule has 7 nitrogen and oxygen atoms in total. The summed E-state index contributed by atoms with van der Waals surface area (Å²) >= 11 is 1.47. The molecule has 0 atom stereocenters. The Morgan fingerprint density at radius 2 is 1.77 bits per heavy atom. The molecule has 0 bridgehead atoms. The molecule has 0 saturated heterocycles. The van der Waals surface area contributed by atoms with Crippen molar-refractivity contribution in [1.82, 2.24) is 15.6 Å². The Kier molecular flexibility index (Phi) is 7.27. The third-order valence-corrected chi connectivity index (χ3v) is 7.91. The van der Waals surface area contributed by atoms with E-state index in [0.29, 0.717) is 4.88 Å². The lowest BCUT2D eigenvalue weighted by molar-refractivity contribution is -0.121. The Morgan fingerprint density at radius 3 is 2.53 bits per heavy atom. The van der Waals surface area contributed by atoms with Crippen LogP contribution in [0.3, 0.4) is 0 Å². The molecule has 0 spiro atoms. The van der Waals surface area contributed by atoms with E-state index >= 15 is 0 Å². The van der Waals surface area contributed by atoms with E-state index in [-0.39, 0.29) is 23.8 Å². The van der Waals surface area contributed by atoms with Gasteiger partial charge in [-0.25, -0.2) is 13.1 Å². The highest BCUT2D eigenvalue weighted by atomic mass is 32.2. The van der Waals surface area contributed by atoms with Crippen molar-refractivity contribution in [3.8, 4) is 0 Å². The van der Waals surface area contributed by atoms with Crippen molar-refractivity contribution < 1.29 is 18.0 Å². The Hall–Kier alpha value is -2.23. The van der Waals surface area contributed by atoms with Gasteiger partial charge in [-0.3, -0.25) is 20.4 Å². The van der Waals surface area contributed by atoms with E-state index in [0.717, 1.165) is 36.8 Å². The third-order valence-electron chi connectivity index (χ3n) is 5.22. The number of hydrogen-bond donors (Lipinski definition) is 3. The van der Waals surface area contributed by atoms with Crippen molar-refractivity contribution in [3.63, 3.8) is 0 Å². The van der Waals surface area contributed by atoms with Gasteiger partial charge in [0.1, 0.15) is 0 Å². The number of sulfonamides is 1. The van der Waals surface area contributed by atoms with E-state index in [1.807, 2.05) is 19.9 Å². The van der Waals surface area contributed by atoms with E-state index in [2.05, 4.69) is 15.6 Å². The van der Waals surface area contributed by atoms with Gasteiger partial charge >= 0.3 is 0 Å². The first-order valence-corrected chi connectivity index (χ1v) is 12.3. The Bertz CT molecular complexity index is 1020. The molecule has 2 aromatic rings. The molecule has 1 aromatic carbocycles. The van der Waals surface area contributed by atoms with Crippen molar-refractivity contribution in [2.45, 2.75) is 57.3 Å². The fourth-order valence-corrected chi connectivity index (χ4v) is 5.56. The van der Waals surface area contributed by atoms with Crippen LogP contribution in [0.5, 0.6) is 0 Å². The van der Waals surface area contributed by atoms with Gasteiger partial charge in [0.2, 0.25) is 15.9 Å². The molecule has 3 rings (SSSR count). The molecule has 0 aliphatic heterocycles. The Labute approximate surface area is 181 Å². The molecular weight excluding hydrogens is 422 g/mol. The maximum absolute atomic E-state index is 12.3. The number of carbonyl (C=O) groups excluding carboxylic acids is 2. The van der Waals surface area contributed by atoms with Crippen molar-refractivity contribution >= 4 is 33.2 Å². The van der Waals surface area contributed by atoms with Gasteiger partial charge in [0.15, 0.2) is 0 Å². The average Bonchev–Trinajstić information content (AvgIpc) is 2.98. The lowest BCUT2D eigenvalue weighted by Crippen LogP contribution is -2.42. The number of thiophene rings is 1. The second kappa shape index (κ2) is 9.72. The number of benzene rings is 1. The number of carbonyl (C=O) groups is 2. The van der Waals surface area contributed by atoms with Crippen molar-refractivity contribution in [3.05, 3.63) is 50.7 Å². The van der Waals surface area contributed by atoms with E-state index in [1.54, 1.807) is 12.1 Å². The van der Waals surface area contributed by atoms with Gasteiger partial charge in [-0.2, -0.15) is 0 Å². The maximum atomic E-state index is 12.3. The minimum absolute atomic E-state index is 0.0652.